The normalized spacial score (nSPS) is 29.6. The Morgan fingerprint density at radius 1 is 1.02 bits per heavy atom. The van der Waals surface area contributed by atoms with Gasteiger partial charge in [0.25, 0.3) is 5.91 Å². The van der Waals surface area contributed by atoms with Gasteiger partial charge < -0.3 is 34.9 Å². The van der Waals surface area contributed by atoms with Gasteiger partial charge in [0.15, 0.2) is 0 Å². The minimum atomic E-state index is -3.92. The van der Waals surface area contributed by atoms with Gasteiger partial charge in [0, 0.05) is 24.3 Å². The van der Waals surface area contributed by atoms with E-state index in [4.69, 9.17) is 19.2 Å². The van der Waals surface area contributed by atoms with E-state index in [2.05, 4.69) is 34.1 Å². The summed E-state index contributed by atoms with van der Waals surface area (Å²) in [6.07, 6.45) is 14.2. The summed E-state index contributed by atoms with van der Waals surface area (Å²) in [6.45, 7) is 4.21. The van der Waals surface area contributed by atoms with Crippen molar-refractivity contribution >= 4 is 44.7 Å². The molecule has 5 fully saturated rings. The number of fused-ring (bicyclic) bond motifs is 5. The summed E-state index contributed by atoms with van der Waals surface area (Å²) < 4.78 is 47.2. The van der Waals surface area contributed by atoms with Crippen LogP contribution in [0.25, 0.3) is 10.9 Å². The lowest BCUT2D eigenvalue weighted by Gasteiger charge is -2.32. The monoisotopic (exact) mass is 861 g/mol. The Kier molecular flexibility index (Phi) is 12.9. The number of aromatic nitrogens is 1. The number of nitrogens with one attached hydrogen (secondary N) is 3. The first-order chi connectivity index (χ1) is 29.5. The first-order valence-corrected chi connectivity index (χ1v) is 23.8. The molecule has 3 heterocycles. The highest BCUT2D eigenvalue weighted by molar-refractivity contribution is 7.91. The summed E-state index contributed by atoms with van der Waals surface area (Å²) in [7, 11) is -3.92. The molecule has 2 aromatic rings. The van der Waals surface area contributed by atoms with E-state index in [-0.39, 0.29) is 43.9 Å². The zero-order valence-corrected chi connectivity index (χ0v) is 35.5. The van der Waals surface area contributed by atoms with Crippen molar-refractivity contribution in [3.8, 4) is 11.6 Å². The van der Waals surface area contributed by atoms with Crippen molar-refractivity contribution in [2.45, 2.75) is 138 Å². The van der Waals surface area contributed by atoms with Gasteiger partial charge in [0.2, 0.25) is 27.7 Å². The van der Waals surface area contributed by atoms with Gasteiger partial charge in [-0.2, -0.15) is 0 Å². The second kappa shape index (κ2) is 18.3. The van der Waals surface area contributed by atoms with E-state index >= 15 is 4.79 Å². The quantitative estimate of drug-likeness (QED) is 0.170. The number of ether oxygens (including phenoxy) is 3. The minimum Gasteiger partial charge on any atom is -0.492 e. The fraction of sp³-hybridized carbons (Fsp3) is 0.622. The number of rotatable bonds is 12. The van der Waals surface area contributed by atoms with Crippen LogP contribution in [0, 0.1) is 17.8 Å². The highest BCUT2D eigenvalue weighted by atomic mass is 32.2. The summed E-state index contributed by atoms with van der Waals surface area (Å²) in [5.74, 6) is -1.55. The molecule has 2 bridgehead atoms. The number of pyridine rings is 1. The predicted octanol–water partition coefficient (Wildman–Crippen LogP) is 4.75. The summed E-state index contributed by atoms with van der Waals surface area (Å²) in [5, 5.41) is 15.4. The fourth-order valence-corrected chi connectivity index (χ4v) is 11.2. The molecule has 8 rings (SSSR count). The van der Waals surface area contributed by atoms with Gasteiger partial charge in [-0.1, -0.05) is 43.2 Å². The third kappa shape index (κ3) is 9.40. The molecule has 0 unspecified atom stereocenters. The second-order valence-electron chi connectivity index (χ2n) is 17.7. The zero-order chi connectivity index (χ0) is 42.7. The van der Waals surface area contributed by atoms with E-state index in [1.165, 1.54) is 11.0 Å². The summed E-state index contributed by atoms with van der Waals surface area (Å²) >= 11 is 0. The number of alkyl carbamates (subject to hydrolysis) is 1. The zero-order valence-electron chi connectivity index (χ0n) is 34.7. The molecule has 0 radical (unpaired) electrons. The summed E-state index contributed by atoms with van der Waals surface area (Å²) in [4.78, 5) is 63.5. The molecule has 330 valence electrons. The lowest BCUT2D eigenvalue weighted by molar-refractivity contribution is -0.142. The highest BCUT2D eigenvalue weighted by Gasteiger charge is 2.62. The Bertz CT molecular complexity index is 2140. The summed E-state index contributed by atoms with van der Waals surface area (Å²) in [6, 6.07) is 5.50. The van der Waals surface area contributed by atoms with Crippen molar-refractivity contribution in [2.24, 2.45) is 17.8 Å². The molecule has 16 heteroatoms. The number of allylic oxidation sites excluding steroid dienone is 2. The minimum absolute atomic E-state index is 0.0243. The molecular weight excluding hydrogens is 803 g/mol. The largest absolute Gasteiger partial charge is 0.492 e. The van der Waals surface area contributed by atoms with Gasteiger partial charge in [-0.25, -0.2) is 18.2 Å². The standard InChI is InChI=1S/C45H59N5O10S/c1-2-30-26-45(30,43(54)49-61(56,57)32-21-22-32)48-40(52)36-25-31-27-50(36)42(53)38(29-14-6-7-15-29)47-44(55)60-37-20-12-16-28(37)13-4-3-5-18-34-39(58-24-11-10-23-51)33-17-8-9-19-35(33)46-41(34)59-31/h2-3,5,8-9,17,19,28-32,36-38,51H,1,4,6-7,10-16,18,20-27H2,(H,47,55)(H,48,52)(H,49,54)/t28-,30-,31-,36+,37-,38+,45-/m1/s1. The van der Waals surface area contributed by atoms with Crippen LogP contribution in [0.15, 0.2) is 49.1 Å². The first-order valence-electron chi connectivity index (χ1n) is 22.3. The van der Waals surface area contributed by atoms with E-state index < -0.39 is 68.7 Å². The van der Waals surface area contributed by atoms with E-state index in [0.717, 1.165) is 50.3 Å². The number of sulfonamides is 1. The highest BCUT2D eigenvalue weighted by Crippen LogP contribution is 2.46. The first kappa shape index (κ1) is 43.0. The second-order valence-corrected chi connectivity index (χ2v) is 19.7. The third-order valence-corrected chi connectivity index (χ3v) is 15.3. The smallest absolute Gasteiger partial charge is 0.408 e. The molecule has 2 aliphatic heterocycles. The number of hydrogen-bond acceptors (Lipinski definition) is 11. The number of hydrogen-bond donors (Lipinski definition) is 4. The van der Waals surface area contributed by atoms with Crippen molar-refractivity contribution < 1.29 is 46.9 Å². The molecule has 15 nitrogen and oxygen atoms in total. The number of carbonyl (C=O) groups is 4. The van der Waals surface area contributed by atoms with E-state index in [1.807, 2.05) is 24.3 Å². The average Bonchev–Trinajstić information content (AvgIpc) is 4.03. The van der Waals surface area contributed by atoms with Gasteiger partial charge in [-0.05, 0) is 107 Å². The molecule has 4 amide bonds. The fourth-order valence-electron chi connectivity index (χ4n) is 9.85. The van der Waals surface area contributed by atoms with E-state index in [9.17, 15) is 27.9 Å². The SMILES string of the molecule is C=C[C@@H]1C[C@]1(NC(=O)[C@@H]1C[C@@H]2CN1C(=O)[C@H](C1CCCC1)NC(=O)O[C@@H]1CCC[C@H]1CCC=CCc1c(nc3ccccc3c1OCCCCO)O2)C(=O)NS(=O)(=O)C1CC1. The average molecular weight is 862 g/mol. The van der Waals surface area contributed by atoms with Crippen LogP contribution >= 0.6 is 0 Å². The van der Waals surface area contributed by atoms with Gasteiger partial charge in [-0.15, -0.1) is 6.58 Å². The third-order valence-electron chi connectivity index (χ3n) is 13.5. The molecule has 1 aromatic heterocycles. The number of aliphatic hydroxyl groups excluding tert-OH is 1. The molecule has 4 N–H and O–H groups in total. The number of nitrogens with zero attached hydrogens (tertiary/aromatic N) is 2. The number of para-hydroxylation sites is 1. The Morgan fingerprint density at radius 3 is 2.56 bits per heavy atom. The van der Waals surface area contributed by atoms with Crippen molar-refractivity contribution in [2.75, 3.05) is 19.8 Å². The van der Waals surface area contributed by atoms with Crippen LogP contribution in [-0.2, 0) is 35.6 Å². The van der Waals surface area contributed by atoms with Crippen molar-refractivity contribution in [1.29, 1.82) is 0 Å². The van der Waals surface area contributed by atoms with E-state index in [0.29, 0.717) is 74.3 Å². The van der Waals surface area contributed by atoms with Crippen LogP contribution < -0.4 is 24.8 Å². The van der Waals surface area contributed by atoms with Gasteiger partial charge >= 0.3 is 6.09 Å². The number of carbonyl (C=O) groups excluding carboxylic acids is 4. The maximum atomic E-state index is 15.0. The van der Waals surface area contributed by atoms with Crippen LogP contribution in [0.2, 0.25) is 0 Å². The van der Waals surface area contributed by atoms with Crippen molar-refractivity contribution in [3.05, 3.63) is 54.6 Å². The Labute approximate surface area is 357 Å². The lowest BCUT2D eigenvalue weighted by Crippen LogP contribution is -2.59. The molecular formula is C45H59N5O10S. The van der Waals surface area contributed by atoms with Crippen molar-refractivity contribution in [1.82, 2.24) is 25.2 Å². The molecule has 7 atom stereocenters. The lowest BCUT2D eigenvalue weighted by atomic mass is 9.96. The molecule has 4 aliphatic carbocycles. The molecule has 0 spiro atoms. The maximum absolute atomic E-state index is 15.0. The molecule has 1 saturated heterocycles. The molecule has 1 aromatic carbocycles. The number of aliphatic hydroxyl groups is 1. The molecule has 6 aliphatic rings. The molecule has 4 saturated carbocycles. The topological polar surface area (TPSA) is 203 Å². The van der Waals surface area contributed by atoms with Crippen LogP contribution in [0.3, 0.4) is 0 Å². The Balaban J connectivity index is 1.16. The number of amides is 4. The Morgan fingerprint density at radius 2 is 1.80 bits per heavy atom. The van der Waals surface area contributed by atoms with Gasteiger partial charge in [0.05, 0.1) is 29.5 Å². The van der Waals surface area contributed by atoms with Crippen LogP contribution in [0.5, 0.6) is 11.6 Å². The van der Waals surface area contributed by atoms with Gasteiger partial charge in [0.1, 0.15) is 35.6 Å². The van der Waals surface area contributed by atoms with Crippen molar-refractivity contribution in [3.63, 3.8) is 0 Å². The van der Waals surface area contributed by atoms with Gasteiger partial charge in [-0.3, -0.25) is 19.1 Å². The van der Waals surface area contributed by atoms with Crippen LogP contribution in [-0.4, -0.2) is 102 Å². The number of unbranched alkanes of at least 4 members (excludes halogenated alkanes) is 1. The van der Waals surface area contributed by atoms with E-state index in [1.54, 1.807) is 0 Å². The summed E-state index contributed by atoms with van der Waals surface area (Å²) in [5.41, 5.74) is -0.213. The van der Waals surface area contributed by atoms with Crippen LogP contribution in [0.1, 0.15) is 102 Å². The maximum Gasteiger partial charge on any atom is 0.408 e. The predicted molar refractivity (Wildman–Crippen MR) is 226 cm³/mol. The van der Waals surface area contributed by atoms with Crippen LogP contribution in [0.4, 0.5) is 4.79 Å². The number of benzene rings is 1. The Hall–Kier alpha value is -4.70. The molecule has 61 heavy (non-hydrogen) atoms.